The lowest BCUT2D eigenvalue weighted by Gasteiger charge is -2.45. The van der Waals surface area contributed by atoms with Gasteiger partial charge in [0.1, 0.15) is 37.1 Å². The summed E-state index contributed by atoms with van der Waals surface area (Å²) in [6.45, 7) is 2.83. The van der Waals surface area contributed by atoms with Crippen molar-refractivity contribution in [3.8, 4) is 0 Å². The first kappa shape index (κ1) is 62.9. The fourth-order valence-electron chi connectivity index (χ4n) is 7.86. The SMILES string of the molecule is CCCCCCCCCCCCCCCCCC(=O)OCC(COP(=O)(O)OOC1(O)C(O)C(O)C(O)C(O)C1O)OC(=O)CCCC(CCCCCCCCCCCCC)OP(=O)(O)O. The van der Waals surface area contributed by atoms with Gasteiger partial charge in [0.25, 0.3) is 5.79 Å². The third-order valence-electron chi connectivity index (χ3n) is 11.9. The van der Waals surface area contributed by atoms with Crippen LogP contribution in [0.2, 0.25) is 0 Å². The van der Waals surface area contributed by atoms with Crippen molar-refractivity contribution in [2.45, 2.75) is 261 Å². The minimum Gasteiger partial charge on any atom is -0.462 e. The number of rotatable bonds is 43. The van der Waals surface area contributed by atoms with Crippen molar-refractivity contribution < 1.29 is 92.1 Å². The Morgan fingerprint density at radius 1 is 0.515 bits per heavy atom. The van der Waals surface area contributed by atoms with E-state index >= 15 is 0 Å². The van der Waals surface area contributed by atoms with Crippen molar-refractivity contribution in [1.82, 2.24) is 0 Å². The van der Waals surface area contributed by atoms with Crippen LogP contribution in [0.5, 0.6) is 0 Å². The first-order valence-corrected chi connectivity index (χ1v) is 28.0. The quantitative estimate of drug-likeness (QED) is 0.00708. The van der Waals surface area contributed by atoms with Crippen LogP contribution in [0.3, 0.4) is 0 Å². The van der Waals surface area contributed by atoms with Crippen LogP contribution in [0, 0.1) is 0 Å². The molecule has 0 amide bonds. The molecule has 9 N–H and O–H groups in total. The largest absolute Gasteiger partial charge is 0.499 e. The van der Waals surface area contributed by atoms with Gasteiger partial charge in [-0.2, -0.15) is 4.89 Å². The molecule has 0 aromatic heterocycles. The highest BCUT2D eigenvalue weighted by Crippen LogP contribution is 2.46. The van der Waals surface area contributed by atoms with Crippen LogP contribution in [0.25, 0.3) is 0 Å². The van der Waals surface area contributed by atoms with Gasteiger partial charge in [-0.1, -0.05) is 174 Å². The topological polar surface area (TPSA) is 306 Å². The van der Waals surface area contributed by atoms with Gasteiger partial charge in [0.2, 0.25) is 0 Å². The predicted molar refractivity (Wildman–Crippen MR) is 245 cm³/mol. The van der Waals surface area contributed by atoms with Crippen LogP contribution in [0.15, 0.2) is 0 Å². The Hall–Kier alpha value is -1.12. The number of aliphatic hydroxyl groups excluding tert-OH is 5. The molecule has 1 saturated carbocycles. The van der Waals surface area contributed by atoms with Gasteiger partial charge in [-0.15, -0.1) is 4.67 Å². The number of phosphoric acid groups is 2. The number of carbonyl (C=O) groups excluding carboxylic acids is 2. The van der Waals surface area contributed by atoms with Crippen molar-refractivity contribution in [2.75, 3.05) is 13.2 Å². The standard InChI is InChI=1S/C45H88O19P2/c1-3-5-7-9-11-13-15-16-17-18-20-22-24-26-28-32-38(46)59-34-37(35-60-66(57,58)64-63-45(53)43(51)41(49)40(48)42(50)44(45)52)61-39(47)33-29-31-36(62-65(54,55)56)30-27-25-23-21-19-14-12-10-8-6-4-2/h36-37,40-44,48-53H,3-35H2,1-2H3,(H,57,58)(H2,54,55,56). The fraction of sp³-hybridized carbons (Fsp3) is 0.956. The molecular weight excluding hydrogens is 906 g/mol. The number of unbranched alkanes of at least 4 members (excludes halogenated alkanes) is 24. The zero-order valence-corrected chi connectivity index (χ0v) is 41.7. The van der Waals surface area contributed by atoms with E-state index in [0.29, 0.717) is 19.3 Å². The molecule has 1 aliphatic carbocycles. The van der Waals surface area contributed by atoms with E-state index in [4.69, 9.17) is 18.5 Å². The molecule has 7 atom stereocenters. The molecule has 21 heteroatoms. The Kier molecular flexibility index (Phi) is 35.0. The number of hydrogen-bond acceptors (Lipinski definition) is 16. The molecular formula is C45H88O19P2. The van der Waals surface area contributed by atoms with E-state index in [-0.39, 0.29) is 25.7 Å². The molecule has 0 saturated heterocycles. The summed E-state index contributed by atoms with van der Waals surface area (Å²) >= 11 is 0. The van der Waals surface area contributed by atoms with Gasteiger partial charge in [0, 0.05) is 12.8 Å². The first-order chi connectivity index (χ1) is 31.4. The molecule has 1 fully saturated rings. The second kappa shape index (κ2) is 36.8. The molecule has 7 unspecified atom stereocenters. The molecule has 392 valence electrons. The minimum atomic E-state index is -5.43. The summed E-state index contributed by atoms with van der Waals surface area (Å²) in [5.74, 6) is -4.93. The Morgan fingerprint density at radius 3 is 1.35 bits per heavy atom. The van der Waals surface area contributed by atoms with E-state index in [2.05, 4.69) is 23.4 Å². The van der Waals surface area contributed by atoms with Crippen molar-refractivity contribution in [2.24, 2.45) is 0 Å². The van der Waals surface area contributed by atoms with Crippen LogP contribution < -0.4 is 0 Å². The van der Waals surface area contributed by atoms with Crippen LogP contribution in [0.1, 0.15) is 213 Å². The Balaban J connectivity index is 2.68. The maximum Gasteiger partial charge on any atom is 0.499 e. The first-order valence-electron chi connectivity index (χ1n) is 24.9. The number of ether oxygens (including phenoxy) is 2. The van der Waals surface area contributed by atoms with Gasteiger partial charge >= 0.3 is 27.6 Å². The Labute approximate surface area is 393 Å². The van der Waals surface area contributed by atoms with Crippen LogP contribution in [-0.2, 0) is 46.8 Å². The second-order valence-corrected chi connectivity index (χ2v) is 20.5. The van der Waals surface area contributed by atoms with Crippen molar-refractivity contribution in [1.29, 1.82) is 0 Å². The van der Waals surface area contributed by atoms with Crippen molar-refractivity contribution >= 4 is 27.6 Å². The fourth-order valence-corrected chi connectivity index (χ4v) is 9.07. The molecule has 1 aliphatic rings. The molecule has 0 aliphatic heterocycles. The highest BCUT2D eigenvalue weighted by atomic mass is 31.2. The molecule has 0 spiro atoms. The normalized spacial score (nSPS) is 23.0. The highest BCUT2D eigenvalue weighted by molar-refractivity contribution is 7.47. The van der Waals surface area contributed by atoms with Crippen molar-refractivity contribution in [3.05, 3.63) is 0 Å². The number of hydrogen-bond donors (Lipinski definition) is 9. The Morgan fingerprint density at radius 2 is 0.909 bits per heavy atom. The van der Waals surface area contributed by atoms with E-state index in [1.807, 2.05) is 0 Å². The third-order valence-corrected chi connectivity index (χ3v) is 13.2. The van der Waals surface area contributed by atoms with E-state index in [9.17, 15) is 64.0 Å². The molecule has 0 bridgehead atoms. The van der Waals surface area contributed by atoms with Crippen LogP contribution >= 0.6 is 15.6 Å². The van der Waals surface area contributed by atoms with Gasteiger partial charge in [0.05, 0.1) is 12.7 Å². The zero-order chi connectivity index (χ0) is 49.3. The third kappa shape index (κ3) is 29.8. The summed E-state index contributed by atoms with van der Waals surface area (Å²) in [5, 5.41) is 60.4. The molecule has 0 radical (unpaired) electrons. The lowest BCUT2D eigenvalue weighted by atomic mass is 9.82. The highest BCUT2D eigenvalue weighted by Gasteiger charge is 2.60. The van der Waals surface area contributed by atoms with Crippen LogP contribution in [0.4, 0.5) is 0 Å². The number of phosphoric ester groups is 2. The number of esters is 2. The summed E-state index contributed by atoms with van der Waals surface area (Å²) in [4.78, 5) is 59.2. The molecule has 1 rings (SSSR count). The lowest BCUT2D eigenvalue weighted by Crippen LogP contribution is -2.71. The maximum atomic E-state index is 13.0. The average Bonchev–Trinajstić information content (AvgIpc) is 3.27. The lowest BCUT2D eigenvalue weighted by molar-refractivity contribution is -0.450. The van der Waals surface area contributed by atoms with E-state index in [1.165, 1.54) is 103 Å². The summed E-state index contributed by atoms with van der Waals surface area (Å²) in [5.41, 5.74) is 0. The minimum absolute atomic E-state index is 0.0605. The summed E-state index contributed by atoms with van der Waals surface area (Å²) in [6, 6.07) is 0. The summed E-state index contributed by atoms with van der Waals surface area (Å²) in [6.07, 6.45) is 15.6. The van der Waals surface area contributed by atoms with Gasteiger partial charge in [-0.05, 0) is 25.7 Å². The molecule has 19 nitrogen and oxygen atoms in total. The smallest absolute Gasteiger partial charge is 0.462 e. The van der Waals surface area contributed by atoms with E-state index in [0.717, 1.165) is 51.4 Å². The summed E-state index contributed by atoms with van der Waals surface area (Å²) in [7, 11) is -10.3. The second-order valence-electron chi connectivity index (χ2n) is 18.0. The molecule has 0 heterocycles. The van der Waals surface area contributed by atoms with E-state index in [1.54, 1.807) is 0 Å². The van der Waals surface area contributed by atoms with Gasteiger partial charge in [-0.25, -0.2) is 9.13 Å². The monoisotopic (exact) mass is 995 g/mol. The predicted octanol–water partition coefficient (Wildman–Crippen LogP) is 7.62. The molecule has 0 aromatic carbocycles. The Bertz CT molecular complexity index is 1320. The van der Waals surface area contributed by atoms with Gasteiger partial charge in [-0.3, -0.25) is 18.6 Å². The summed E-state index contributed by atoms with van der Waals surface area (Å²) < 4.78 is 49.2. The average molecular weight is 995 g/mol. The zero-order valence-electron chi connectivity index (χ0n) is 39.9. The van der Waals surface area contributed by atoms with E-state index < -0.39 is 89.3 Å². The molecule has 0 aromatic rings. The van der Waals surface area contributed by atoms with Gasteiger partial charge in [0.15, 0.2) is 6.10 Å². The van der Waals surface area contributed by atoms with Crippen molar-refractivity contribution in [3.63, 3.8) is 0 Å². The number of aliphatic hydroxyl groups is 6. The van der Waals surface area contributed by atoms with Gasteiger partial charge < -0.3 is 54.8 Å². The molecule has 66 heavy (non-hydrogen) atoms. The van der Waals surface area contributed by atoms with Crippen LogP contribution in [-0.4, -0.2) is 119 Å². The maximum absolute atomic E-state index is 13.0. The number of carbonyl (C=O) groups is 2.